The standard InChI is InChI=1S/C12H17NO3/c1-2-16-11(14)7-13-12(15)10-6-8-3-4-9(10)5-8/h3-4,8-10H,2,5-7H2,1H3,(H,13,15). The van der Waals surface area contributed by atoms with E-state index in [4.69, 9.17) is 4.74 Å². The third kappa shape index (κ3) is 2.26. The Morgan fingerprint density at radius 3 is 2.75 bits per heavy atom. The first kappa shape index (κ1) is 11.2. The quantitative estimate of drug-likeness (QED) is 0.568. The minimum Gasteiger partial charge on any atom is -0.465 e. The lowest BCUT2D eigenvalue weighted by Crippen LogP contribution is -2.36. The highest BCUT2D eigenvalue weighted by atomic mass is 16.5. The van der Waals surface area contributed by atoms with Crippen LogP contribution in [0, 0.1) is 17.8 Å². The molecule has 0 radical (unpaired) electrons. The lowest BCUT2D eigenvalue weighted by molar-refractivity contribution is -0.143. The molecule has 4 heteroatoms. The van der Waals surface area contributed by atoms with Crippen molar-refractivity contribution < 1.29 is 14.3 Å². The van der Waals surface area contributed by atoms with E-state index in [-0.39, 0.29) is 24.3 Å². The Hall–Kier alpha value is -1.32. The smallest absolute Gasteiger partial charge is 0.325 e. The summed E-state index contributed by atoms with van der Waals surface area (Å²) in [6.07, 6.45) is 6.34. The van der Waals surface area contributed by atoms with E-state index in [0.29, 0.717) is 18.4 Å². The predicted molar refractivity (Wildman–Crippen MR) is 58.5 cm³/mol. The van der Waals surface area contributed by atoms with E-state index in [9.17, 15) is 9.59 Å². The first-order chi connectivity index (χ1) is 7.70. The highest BCUT2D eigenvalue weighted by Gasteiger charge is 2.39. The minimum atomic E-state index is -0.366. The van der Waals surface area contributed by atoms with Gasteiger partial charge in [-0.25, -0.2) is 0 Å². The molecule has 0 aromatic carbocycles. The number of fused-ring (bicyclic) bond motifs is 2. The van der Waals surface area contributed by atoms with Crippen LogP contribution < -0.4 is 5.32 Å². The maximum absolute atomic E-state index is 11.8. The van der Waals surface area contributed by atoms with Gasteiger partial charge in [0.15, 0.2) is 0 Å². The second-order valence-electron chi connectivity index (χ2n) is 4.41. The van der Waals surface area contributed by atoms with Gasteiger partial charge in [0.2, 0.25) is 5.91 Å². The van der Waals surface area contributed by atoms with Gasteiger partial charge in [-0.3, -0.25) is 9.59 Å². The summed E-state index contributed by atoms with van der Waals surface area (Å²) in [6.45, 7) is 2.09. The van der Waals surface area contributed by atoms with Crippen molar-refractivity contribution in [2.75, 3.05) is 13.2 Å². The van der Waals surface area contributed by atoms with Gasteiger partial charge in [-0.05, 0) is 31.6 Å². The van der Waals surface area contributed by atoms with Crippen LogP contribution in [0.3, 0.4) is 0 Å². The zero-order valence-electron chi connectivity index (χ0n) is 9.44. The first-order valence-electron chi connectivity index (χ1n) is 5.82. The van der Waals surface area contributed by atoms with Gasteiger partial charge in [0.05, 0.1) is 6.61 Å². The van der Waals surface area contributed by atoms with Crippen LogP contribution in [-0.2, 0) is 14.3 Å². The first-order valence-corrected chi connectivity index (χ1v) is 5.82. The molecule has 3 atom stereocenters. The minimum absolute atomic E-state index is 0.00935. The molecule has 0 aliphatic heterocycles. The SMILES string of the molecule is CCOC(=O)CNC(=O)C1CC2C=CC1C2. The average Bonchev–Trinajstić information content (AvgIpc) is 2.88. The van der Waals surface area contributed by atoms with Crippen LogP contribution in [0.15, 0.2) is 12.2 Å². The molecule has 2 bridgehead atoms. The largest absolute Gasteiger partial charge is 0.465 e. The summed E-state index contributed by atoms with van der Waals surface area (Å²) in [5.41, 5.74) is 0. The van der Waals surface area contributed by atoms with Crippen molar-refractivity contribution >= 4 is 11.9 Å². The molecule has 2 aliphatic rings. The summed E-state index contributed by atoms with van der Waals surface area (Å²) in [5.74, 6) is 0.638. The molecule has 0 saturated heterocycles. The zero-order valence-corrected chi connectivity index (χ0v) is 9.44. The summed E-state index contributed by atoms with van der Waals surface area (Å²) < 4.78 is 4.75. The molecular weight excluding hydrogens is 206 g/mol. The van der Waals surface area contributed by atoms with Crippen LogP contribution in [0.25, 0.3) is 0 Å². The second-order valence-corrected chi connectivity index (χ2v) is 4.41. The highest BCUT2D eigenvalue weighted by Crippen LogP contribution is 2.43. The number of amides is 1. The van der Waals surface area contributed by atoms with E-state index in [2.05, 4.69) is 17.5 Å². The van der Waals surface area contributed by atoms with Gasteiger partial charge in [-0.1, -0.05) is 12.2 Å². The van der Waals surface area contributed by atoms with Gasteiger partial charge >= 0.3 is 5.97 Å². The molecule has 0 aromatic rings. The third-order valence-corrected chi connectivity index (χ3v) is 3.33. The summed E-state index contributed by atoms with van der Waals surface area (Å²) in [5, 5.41) is 2.65. The van der Waals surface area contributed by atoms with E-state index in [0.717, 1.165) is 12.8 Å². The maximum Gasteiger partial charge on any atom is 0.325 e. The Kier molecular flexibility index (Phi) is 3.27. The summed E-state index contributed by atoms with van der Waals surface area (Å²) in [4.78, 5) is 22.9. The number of hydrogen-bond acceptors (Lipinski definition) is 3. The van der Waals surface area contributed by atoms with Gasteiger partial charge in [-0.2, -0.15) is 0 Å². The van der Waals surface area contributed by atoms with Crippen molar-refractivity contribution in [2.24, 2.45) is 17.8 Å². The van der Waals surface area contributed by atoms with Crippen molar-refractivity contribution in [1.82, 2.24) is 5.32 Å². The normalized spacial score (nSPS) is 30.4. The molecule has 88 valence electrons. The van der Waals surface area contributed by atoms with Crippen LogP contribution >= 0.6 is 0 Å². The summed E-state index contributed by atoms with van der Waals surface area (Å²) in [6, 6.07) is 0. The number of carbonyl (C=O) groups is 2. The van der Waals surface area contributed by atoms with Crippen LogP contribution in [0.1, 0.15) is 19.8 Å². The average molecular weight is 223 g/mol. The number of esters is 1. The molecule has 2 rings (SSSR count). The summed E-state index contributed by atoms with van der Waals surface area (Å²) in [7, 11) is 0. The maximum atomic E-state index is 11.8. The number of hydrogen-bond donors (Lipinski definition) is 1. The number of nitrogens with one attached hydrogen (secondary N) is 1. The van der Waals surface area contributed by atoms with Gasteiger partial charge in [0, 0.05) is 5.92 Å². The predicted octanol–water partition coefficient (Wildman–Crippen LogP) is 0.878. The molecule has 1 amide bonds. The Balaban J connectivity index is 1.76. The van der Waals surface area contributed by atoms with E-state index in [1.807, 2.05) is 0 Å². The van der Waals surface area contributed by atoms with Crippen molar-refractivity contribution in [3.05, 3.63) is 12.2 Å². The second kappa shape index (κ2) is 4.68. The number of rotatable bonds is 4. The fourth-order valence-electron chi connectivity index (χ4n) is 2.58. The monoisotopic (exact) mass is 223 g/mol. The Morgan fingerprint density at radius 1 is 1.38 bits per heavy atom. The van der Waals surface area contributed by atoms with E-state index in [1.165, 1.54) is 0 Å². The van der Waals surface area contributed by atoms with Crippen LogP contribution in [0.4, 0.5) is 0 Å². The van der Waals surface area contributed by atoms with Gasteiger partial charge < -0.3 is 10.1 Å². The Labute approximate surface area is 95.0 Å². The molecular formula is C12H17NO3. The van der Waals surface area contributed by atoms with Gasteiger partial charge in [0.1, 0.15) is 6.54 Å². The number of allylic oxidation sites excluding steroid dienone is 2. The molecule has 0 heterocycles. The summed E-state index contributed by atoms with van der Waals surface area (Å²) >= 11 is 0. The van der Waals surface area contributed by atoms with Crippen molar-refractivity contribution in [1.29, 1.82) is 0 Å². The fraction of sp³-hybridized carbons (Fsp3) is 0.667. The number of ether oxygens (including phenoxy) is 1. The van der Waals surface area contributed by atoms with Gasteiger partial charge in [0.25, 0.3) is 0 Å². The Morgan fingerprint density at radius 2 is 2.19 bits per heavy atom. The Bertz CT molecular complexity index is 324. The van der Waals surface area contributed by atoms with Crippen LogP contribution in [0.5, 0.6) is 0 Å². The van der Waals surface area contributed by atoms with Gasteiger partial charge in [-0.15, -0.1) is 0 Å². The lowest BCUT2D eigenvalue weighted by atomic mass is 9.93. The molecule has 3 unspecified atom stereocenters. The molecule has 4 nitrogen and oxygen atoms in total. The molecule has 1 fully saturated rings. The van der Waals surface area contributed by atoms with E-state index in [1.54, 1.807) is 6.92 Å². The molecule has 0 spiro atoms. The molecule has 1 saturated carbocycles. The zero-order chi connectivity index (χ0) is 11.5. The molecule has 16 heavy (non-hydrogen) atoms. The van der Waals surface area contributed by atoms with Crippen molar-refractivity contribution in [3.8, 4) is 0 Å². The van der Waals surface area contributed by atoms with Crippen molar-refractivity contribution in [3.63, 3.8) is 0 Å². The topological polar surface area (TPSA) is 55.4 Å². The fourth-order valence-corrected chi connectivity index (χ4v) is 2.58. The molecule has 2 aliphatic carbocycles. The third-order valence-electron chi connectivity index (χ3n) is 3.33. The molecule has 1 N–H and O–H groups in total. The van der Waals surface area contributed by atoms with Crippen LogP contribution in [-0.4, -0.2) is 25.0 Å². The highest BCUT2D eigenvalue weighted by molar-refractivity contribution is 5.84. The van der Waals surface area contributed by atoms with E-state index < -0.39 is 0 Å². The number of carbonyl (C=O) groups excluding carboxylic acids is 2. The van der Waals surface area contributed by atoms with Crippen LogP contribution in [0.2, 0.25) is 0 Å². The van der Waals surface area contributed by atoms with E-state index >= 15 is 0 Å². The van der Waals surface area contributed by atoms with Crippen molar-refractivity contribution in [2.45, 2.75) is 19.8 Å². The lowest BCUT2D eigenvalue weighted by Gasteiger charge is -2.17. The molecule has 0 aromatic heterocycles.